The van der Waals surface area contributed by atoms with Crippen LogP contribution in [-0.2, 0) is 0 Å². The number of carbonyl (C=O) groups excluding carboxylic acids is 2. The van der Waals surface area contributed by atoms with E-state index < -0.39 is 0 Å². The maximum atomic E-state index is 12.2. The zero-order valence-corrected chi connectivity index (χ0v) is 32.7. The zero-order chi connectivity index (χ0) is 39.7. The van der Waals surface area contributed by atoms with E-state index in [1.54, 1.807) is 30.7 Å². The van der Waals surface area contributed by atoms with Crippen molar-refractivity contribution in [3.63, 3.8) is 0 Å². The molecule has 0 unspecified atom stereocenters. The Hall–Kier alpha value is -5.86. The molecule has 8 rings (SSSR count). The molecule has 57 heavy (non-hydrogen) atoms. The summed E-state index contributed by atoms with van der Waals surface area (Å²) in [5.74, 6) is 6.58. The SMILES string of the molecule is O=C(NC1CC1)c1ccc(-c2cnc3c(NCCCO)nc(Br)cn23)cc1.O=C(NC1CC1)c1ccc(-c2cnc3c(NCCCO)nc(C#CCO)cn23)cc1. The number of imidazole rings is 2. The van der Waals surface area contributed by atoms with Crippen LogP contribution in [0.4, 0.5) is 11.6 Å². The van der Waals surface area contributed by atoms with Crippen LogP contribution in [0.2, 0.25) is 0 Å². The fourth-order valence-electron chi connectivity index (χ4n) is 5.95. The predicted octanol–water partition coefficient (Wildman–Crippen LogP) is 4.27. The third-order valence-corrected chi connectivity index (χ3v) is 9.60. The van der Waals surface area contributed by atoms with Crippen LogP contribution in [0.5, 0.6) is 0 Å². The third-order valence-electron chi connectivity index (χ3n) is 9.22. The molecule has 7 N–H and O–H groups in total. The first kappa shape index (κ1) is 39.4. The highest BCUT2D eigenvalue weighted by atomic mass is 79.9. The van der Waals surface area contributed by atoms with Gasteiger partial charge in [0.15, 0.2) is 22.9 Å². The lowest BCUT2D eigenvalue weighted by atomic mass is 10.1. The standard InChI is InChI=1S/C22H23N5O3.C19H20BrN5O2/c28-11-1-3-18-14-27-19(13-24-21(27)20(25-18)23-10-2-12-29)15-4-6-16(7-5-15)22(30)26-17-8-9-17;20-16-11-25-15(10-22-18(25)17(24-16)21-8-1-9-26)12-2-4-13(5-3-12)19(27)23-14-6-7-14/h4-7,13-14,17,28-29H,2,8-12H2,(H,23,25)(H,26,30);2-5,10-11,14,26H,1,6-9H2,(H,21,24)(H,23,27). The van der Waals surface area contributed by atoms with E-state index >= 15 is 0 Å². The van der Waals surface area contributed by atoms with Gasteiger partial charge in [0.25, 0.3) is 11.8 Å². The molecular formula is C41H43BrN10O5. The second kappa shape index (κ2) is 18.4. The Kier molecular flexibility index (Phi) is 12.7. The number of nitrogens with zero attached hydrogens (tertiary/aromatic N) is 6. The van der Waals surface area contributed by atoms with Crippen LogP contribution in [0.15, 0.2) is 77.9 Å². The minimum absolute atomic E-state index is 0.0236. The van der Waals surface area contributed by atoms with Crippen molar-refractivity contribution in [3.8, 4) is 34.4 Å². The summed E-state index contributed by atoms with van der Waals surface area (Å²) in [6.45, 7) is 1.10. The number of nitrogens with one attached hydrogen (secondary N) is 4. The zero-order valence-electron chi connectivity index (χ0n) is 31.1. The van der Waals surface area contributed by atoms with Crippen molar-refractivity contribution >= 4 is 50.7 Å². The van der Waals surface area contributed by atoms with Crippen molar-refractivity contribution < 1.29 is 24.9 Å². The lowest BCUT2D eigenvalue weighted by Crippen LogP contribution is -2.25. The number of benzene rings is 2. The van der Waals surface area contributed by atoms with Crippen molar-refractivity contribution in [2.24, 2.45) is 0 Å². The molecule has 4 heterocycles. The molecule has 0 atom stereocenters. The highest BCUT2D eigenvalue weighted by molar-refractivity contribution is 9.10. The molecule has 2 fully saturated rings. The summed E-state index contributed by atoms with van der Waals surface area (Å²) in [5, 5.41) is 39.4. The van der Waals surface area contributed by atoms with Gasteiger partial charge in [0.05, 0.1) is 23.8 Å². The summed E-state index contributed by atoms with van der Waals surface area (Å²) in [4.78, 5) is 42.3. The first-order valence-corrected chi connectivity index (χ1v) is 19.7. The Morgan fingerprint density at radius 1 is 0.702 bits per heavy atom. The summed E-state index contributed by atoms with van der Waals surface area (Å²) in [6.07, 6.45) is 12.6. The second-order valence-electron chi connectivity index (χ2n) is 13.7. The fourth-order valence-corrected chi connectivity index (χ4v) is 6.33. The highest BCUT2D eigenvalue weighted by Crippen LogP contribution is 2.28. The predicted molar refractivity (Wildman–Crippen MR) is 220 cm³/mol. The normalized spacial score (nSPS) is 13.3. The van der Waals surface area contributed by atoms with Gasteiger partial charge >= 0.3 is 0 Å². The molecule has 0 radical (unpaired) electrons. The van der Waals surface area contributed by atoms with E-state index in [1.165, 1.54) is 0 Å². The summed E-state index contributed by atoms with van der Waals surface area (Å²) in [6, 6.07) is 15.6. The number of halogens is 1. The Labute approximate surface area is 337 Å². The average Bonchev–Trinajstić information content (AvgIpc) is 4.14. The number of hydrogen-bond donors (Lipinski definition) is 7. The van der Waals surface area contributed by atoms with Gasteiger partial charge in [0, 0.05) is 73.0 Å². The van der Waals surface area contributed by atoms with E-state index in [-0.39, 0.29) is 31.6 Å². The number of anilines is 2. The van der Waals surface area contributed by atoms with E-state index in [2.05, 4.69) is 69.0 Å². The van der Waals surface area contributed by atoms with Gasteiger partial charge in [-0.2, -0.15) is 0 Å². The molecule has 0 bridgehead atoms. The van der Waals surface area contributed by atoms with Crippen molar-refractivity contribution in [2.45, 2.75) is 50.6 Å². The number of aromatic nitrogens is 6. The quantitative estimate of drug-likeness (QED) is 0.0610. The van der Waals surface area contributed by atoms with Gasteiger partial charge in [-0.3, -0.25) is 18.4 Å². The minimum atomic E-state index is -0.256. The maximum Gasteiger partial charge on any atom is 0.251 e. The van der Waals surface area contributed by atoms with Crippen LogP contribution < -0.4 is 21.3 Å². The summed E-state index contributed by atoms with van der Waals surface area (Å²) < 4.78 is 4.52. The molecule has 2 amide bonds. The van der Waals surface area contributed by atoms with E-state index in [4.69, 9.17) is 15.3 Å². The van der Waals surface area contributed by atoms with Gasteiger partial charge in [0.1, 0.15) is 16.9 Å². The Bertz CT molecular complexity index is 2410. The molecule has 4 aromatic heterocycles. The van der Waals surface area contributed by atoms with Crippen LogP contribution in [0.3, 0.4) is 0 Å². The van der Waals surface area contributed by atoms with Crippen LogP contribution in [0.25, 0.3) is 33.8 Å². The number of aliphatic hydroxyl groups excluding tert-OH is 3. The van der Waals surface area contributed by atoms with Crippen molar-refractivity contribution in [2.75, 3.05) is 43.5 Å². The number of carbonyl (C=O) groups is 2. The third kappa shape index (κ3) is 9.94. The van der Waals surface area contributed by atoms with Gasteiger partial charge < -0.3 is 36.6 Å². The molecule has 2 aliphatic rings. The Balaban J connectivity index is 0.000000175. The molecule has 15 nitrogen and oxygen atoms in total. The maximum absolute atomic E-state index is 12.2. The lowest BCUT2D eigenvalue weighted by molar-refractivity contribution is 0.0942. The van der Waals surface area contributed by atoms with Crippen LogP contribution in [0.1, 0.15) is 64.9 Å². The van der Waals surface area contributed by atoms with E-state index in [1.807, 2.05) is 51.4 Å². The smallest absolute Gasteiger partial charge is 0.251 e. The van der Waals surface area contributed by atoms with E-state index in [0.29, 0.717) is 82.4 Å². The highest BCUT2D eigenvalue weighted by Gasteiger charge is 2.25. The molecule has 0 aliphatic heterocycles. The van der Waals surface area contributed by atoms with Crippen LogP contribution in [0, 0.1) is 11.8 Å². The second-order valence-corrected chi connectivity index (χ2v) is 14.5. The largest absolute Gasteiger partial charge is 0.396 e. The van der Waals surface area contributed by atoms with E-state index in [0.717, 1.165) is 48.2 Å². The van der Waals surface area contributed by atoms with Crippen molar-refractivity contribution in [1.29, 1.82) is 0 Å². The summed E-state index contributed by atoms with van der Waals surface area (Å²) in [7, 11) is 0. The number of aliphatic hydroxyl groups is 3. The average molecular weight is 836 g/mol. The molecule has 0 spiro atoms. The number of fused-ring (bicyclic) bond motifs is 2. The minimum Gasteiger partial charge on any atom is -0.396 e. The van der Waals surface area contributed by atoms with Gasteiger partial charge in [-0.25, -0.2) is 19.9 Å². The Morgan fingerprint density at radius 2 is 1.18 bits per heavy atom. The fraction of sp³-hybridized carbons (Fsp3) is 0.317. The summed E-state index contributed by atoms with van der Waals surface area (Å²) in [5.41, 5.74) is 6.73. The number of amides is 2. The topological polar surface area (TPSA) is 203 Å². The molecular weight excluding hydrogens is 792 g/mol. The number of hydrogen-bond acceptors (Lipinski definition) is 11. The first-order valence-electron chi connectivity index (χ1n) is 18.9. The molecule has 2 aliphatic carbocycles. The van der Waals surface area contributed by atoms with Gasteiger partial charge in [0.2, 0.25) is 0 Å². The van der Waals surface area contributed by atoms with Gasteiger partial charge in [-0.1, -0.05) is 30.2 Å². The molecule has 2 saturated carbocycles. The molecule has 16 heteroatoms. The molecule has 2 aromatic carbocycles. The first-order chi connectivity index (χ1) is 27.8. The molecule has 6 aromatic rings. The van der Waals surface area contributed by atoms with Gasteiger partial charge in [-0.15, -0.1) is 0 Å². The van der Waals surface area contributed by atoms with E-state index in [9.17, 15) is 9.59 Å². The number of rotatable bonds is 14. The molecule has 294 valence electrons. The Morgan fingerprint density at radius 3 is 1.63 bits per heavy atom. The monoisotopic (exact) mass is 834 g/mol. The van der Waals surface area contributed by atoms with Crippen LogP contribution >= 0.6 is 15.9 Å². The lowest BCUT2D eigenvalue weighted by Gasteiger charge is -2.09. The molecule has 0 saturated heterocycles. The summed E-state index contributed by atoms with van der Waals surface area (Å²) >= 11 is 3.44. The van der Waals surface area contributed by atoms with Crippen LogP contribution in [-0.4, -0.2) is 101 Å². The van der Waals surface area contributed by atoms with Gasteiger partial charge in [-0.05, 0) is 84.6 Å². The van der Waals surface area contributed by atoms with Crippen molar-refractivity contribution in [3.05, 3.63) is 94.7 Å². The van der Waals surface area contributed by atoms with Crippen molar-refractivity contribution in [1.82, 2.24) is 39.4 Å².